The predicted octanol–water partition coefficient (Wildman–Crippen LogP) is 8.31. The second-order valence-corrected chi connectivity index (χ2v) is 19.5. The van der Waals surface area contributed by atoms with Gasteiger partial charge in [0.2, 0.25) is 0 Å². The second kappa shape index (κ2) is 29.3. The fourth-order valence-electron chi connectivity index (χ4n) is 7.31. The van der Waals surface area contributed by atoms with Gasteiger partial charge in [-0.05, 0) is 193 Å². The van der Waals surface area contributed by atoms with Crippen LogP contribution in [0.1, 0.15) is 123 Å². The fourth-order valence-corrected chi connectivity index (χ4v) is 7.37. The summed E-state index contributed by atoms with van der Waals surface area (Å²) in [6.45, 7) is 15.1. The number of hydrogen-bond donors (Lipinski definition) is 2. The number of carboxylic acid groups (broad SMARTS) is 1. The summed E-state index contributed by atoms with van der Waals surface area (Å²) in [4.78, 5) is 71.7. The number of fused-ring (bicyclic) bond motifs is 2. The summed E-state index contributed by atoms with van der Waals surface area (Å²) in [7, 11) is 0. The first-order chi connectivity index (χ1) is 33.3. The van der Waals surface area contributed by atoms with Crippen LogP contribution in [-0.4, -0.2) is 68.9 Å². The Labute approximate surface area is 455 Å². The van der Waals surface area contributed by atoms with Crippen molar-refractivity contribution in [1.82, 2.24) is 9.13 Å². The smallest absolute Gasteiger partial charge is 1.00 e. The number of aromatic nitrogens is 2. The number of aliphatic hydroxyl groups excluding tert-OH is 1. The summed E-state index contributed by atoms with van der Waals surface area (Å²) in [5.74, 6) is -2.02. The van der Waals surface area contributed by atoms with Crippen molar-refractivity contribution < 1.29 is 83.4 Å². The molecular formula is C55H64BClF2N2NaO11. The third-order valence-corrected chi connectivity index (χ3v) is 10.5. The van der Waals surface area contributed by atoms with Crippen molar-refractivity contribution in [3.63, 3.8) is 0 Å². The van der Waals surface area contributed by atoms with Gasteiger partial charge in [0.05, 0.1) is 18.8 Å². The van der Waals surface area contributed by atoms with Gasteiger partial charge in [-0.3, -0.25) is 28.3 Å². The van der Waals surface area contributed by atoms with Crippen molar-refractivity contribution >= 4 is 64.9 Å². The van der Waals surface area contributed by atoms with Crippen molar-refractivity contribution in [2.75, 3.05) is 6.61 Å². The molecule has 0 unspecified atom stereocenters. The van der Waals surface area contributed by atoms with E-state index in [0.29, 0.717) is 90.7 Å². The van der Waals surface area contributed by atoms with Crippen LogP contribution in [0.15, 0.2) is 107 Å². The van der Waals surface area contributed by atoms with Gasteiger partial charge in [0.15, 0.2) is 0 Å². The van der Waals surface area contributed by atoms with Crippen LogP contribution in [0.5, 0.6) is 0 Å². The molecule has 2 heterocycles. The van der Waals surface area contributed by atoms with Gasteiger partial charge in [-0.1, -0.05) is 19.9 Å². The number of unbranched alkanes of at least 4 members (excludes halogenated alkanes) is 2. The first-order valence-electron chi connectivity index (χ1n) is 23.3. The molecule has 0 aliphatic rings. The molecule has 0 amide bonds. The van der Waals surface area contributed by atoms with Crippen molar-refractivity contribution in [1.29, 1.82) is 0 Å². The minimum Gasteiger partial charge on any atom is -1.00 e. The van der Waals surface area contributed by atoms with Crippen LogP contribution in [0.25, 0.3) is 32.9 Å². The number of rotatable bonds is 16. The zero-order valence-electron chi connectivity index (χ0n) is 44.1. The molecular weight excluding hydrogens is 972 g/mol. The molecule has 73 heavy (non-hydrogen) atoms. The van der Waals surface area contributed by atoms with Gasteiger partial charge < -0.3 is 25.9 Å². The quantitative estimate of drug-likeness (QED) is 0.0313. The minimum atomic E-state index is -1.08. The molecule has 6 rings (SSSR count). The SMILES string of the molecule is CC(C)(C)OC(=O)CCCCc1cc2cc(C(=O)O)ccc2c(=O)n1-c1ccc(F)cc1.CC(C)(C)OC(=O)CCCCc1cc2cc(CO)ccc2c(=O)n1-c1ccc(F)cc1.CC(C)COC(=O)Cl.[B].[H-].[Na+]. The average molecular weight is 1040 g/mol. The number of nitrogens with zero attached hydrogens (tertiary/aromatic N) is 2. The Morgan fingerprint density at radius 3 is 1.41 bits per heavy atom. The van der Waals surface area contributed by atoms with Crippen molar-refractivity contribution in [3.05, 3.63) is 152 Å². The van der Waals surface area contributed by atoms with Gasteiger partial charge >= 0.3 is 52.9 Å². The van der Waals surface area contributed by atoms with E-state index in [1.165, 1.54) is 59.2 Å². The number of halogens is 3. The van der Waals surface area contributed by atoms with Gasteiger partial charge in [-0.25, -0.2) is 18.4 Å². The number of ether oxygens (including phenoxy) is 3. The molecule has 4 aromatic carbocycles. The Bertz CT molecular complexity index is 2940. The van der Waals surface area contributed by atoms with E-state index in [9.17, 15) is 47.8 Å². The summed E-state index contributed by atoms with van der Waals surface area (Å²) in [6.07, 6.45) is 4.10. The van der Waals surface area contributed by atoms with Gasteiger partial charge in [0.1, 0.15) is 22.8 Å². The van der Waals surface area contributed by atoms with Crippen LogP contribution in [0.4, 0.5) is 13.6 Å². The number of hydrogen-bond acceptors (Lipinski definition) is 10. The number of benzene rings is 4. The Hall–Kier alpha value is -5.65. The molecule has 0 atom stereocenters. The molecule has 0 fully saturated rings. The summed E-state index contributed by atoms with van der Waals surface area (Å²) in [5, 5.41) is 20.9. The maximum absolute atomic E-state index is 13.4. The van der Waals surface area contributed by atoms with Crippen LogP contribution >= 0.6 is 11.6 Å². The van der Waals surface area contributed by atoms with E-state index in [4.69, 9.17) is 21.1 Å². The molecule has 13 nitrogen and oxygen atoms in total. The molecule has 3 radical (unpaired) electrons. The van der Waals surface area contributed by atoms with E-state index in [1.807, 2.05) is 61.5 Å². The third kappa shape index (κ3) is 20.7. The molecule has 0 aliphatic heterocycles. The normalized spacial score (nSPS) is 11.0. The fraction of sp³-hybridized carbons (Fsp3) is 0.382. The maximum atomic E-state index is 13.4. The molecule has 6 aromatic rings. The molecule has 385 valence electrons. The first-order valence-corrected chi connectivity index (χ1v) is 23.7. The van der Waals surface area contributed by atoms with Crippen molar-refractivity contribution in [2.24, 2.45) is 5.92 Å². The molecule has 0 spiro atoms. The van der Waals surface area contributed by atoms with Gasteiger partial charge in [-0.2, -0.15) is 0 Å². The zero-order valence-corrected chi connectivity index (χ0v) is 45.8. The van der Waals surface area contributed by atoms with E-state index in [-0.39, 0.29) is 86.9 Å². The largest absolute Gasteiger partial charge is 1.00 e. The van der Waals surface area contributed by atoms with Crippen LogP contribution in [0.2, 0.25) is 0 Å². The first kappa shape index (κ1) is 63.5. The Morgan fingerprint density at radius 2 is 1.05 bits per heavy atom. The van der Waals surface area contributed by atoms with Crippen LogP contribution in [0.3, 0.4) is 0 Å². The molecule has 18 heteroatoms. The molecule has 0 bridgehead atoms. The Morgan fingerprint density at radius 1 is 0.644 bits per heavy atom. The summed E-state index contributed by atoms with van der Waals surface area (Å²) < 4.78 is 45.1. The number of esters is 2. The minimum absolute atomic E-state index is 0. The molecule has 0 aliphatic carbocycles. The van der Waals surface area contributed by atoms with Gasteiger partial charge in [-0.15, -0.1) is 0 Å². The monoisotopic (exact) mass is 1040 g/mol. The summed E-state index contributed by atoms with van der Waals surface area (Å²) >= 11 is 4.86. The number of aromatic carboxylic acids is 1. The van der Waals surface area contributed by atoms with Crippen LogP contribution in [0, 0.1) is 17.6 Å². The number of aliphatic hydroxyl groups is 1. The summed E-state index contributed by atoms with van der Waals surface area (Å²) in [6, 6.07) is 24.7. The van der Waals surface area contributed by atoms with Crippen LogP contribution in [-0.2, 0) is 43.2 Å². The zero-order chi connectivity index (χ0) is 52.6. The van der Waals surface area contributed by atoms with Crippen molar-refractivity contribution in [2.45, 2.75) is 125 Å². The number of pyridine rings is 2. The molecule has 2 N–H and O–H groups in total. The predicted molar refractivity (Wildman–Crippen MR) is 278 cm³/mol. The van der Waals surface area contributed by atoms with Gasteiger partial charge in [0.25, 0.3) is 11.1 Å². The van der Waals surface area contributed by atoms with E-state index in [0.717, 1.165) is 16.6 Å². The van der Waals surface area contributed by atoms with E-state index in [1.54, 1.807) is 41.0 Å². The maximum Gasteiger partial charge on any atom is 1.00 e. The number of carboxylic acids is 1. The topological polar surface area (TPSA) is 180 Å². The Balaban J connectivity index is 0.000000623. The number of carbonyl (C=O) groups excluding carboxylic acids is 3. The standard InChI is InChI=1S/C25H26FNO5.C25H28FNO4.C5H9ClO2.B.Na.H/c1-25(2,3)32-22(28)7-5-4-6-20-15-17-14-16(24(30)31)8-13-21(17)23(29)27(20)19-11-9-18(26)10-12-19;1-25(2,3)31-23(29)7-5-4-6-21-15-18-14-17(16-28)8-13-22(18)24(30)27(21)20-11-9-19(26)10-12-20;1-4(2)3-8-5(6)7;;;/h8-15H,4-7H2,1-3H3,(H,30,31);8-15,28H,4-7,16H2,1-3H3;4H,3H2,1-2H3;;;/q;;;;+1;-1. The number of carbonyl (C=O) groups is 4. The average Bonchev–Trinajstić information content (AvgIpc) is 3.28. The third-order valence-electron chi connectivity index (χ3n) is 10.4. The van der Waals surface area contributed by atoms with E-state index < -0.39 is 28.4 Å². The number of aryl methyl sites for hydroxylation is 2. The van der Waals surface area contributed by atoms with Crippen LogP contribution < -0.4 is 40.7 Å². The van der Waals surface area contributed by atoms with Gasteiger partial charge in [0, 0.05) is 66.4 Å². The molecule has 0 saturated heterocycles. The molecule has 2 aromatic heterocycles. The van der Waals surface area contributed by atoms with E-state index in [2.05, 4.69) is 4.74 Å². The second-order valence-electron chi connectivity index (χ2n) is 19.2. The molecule has 0 saturated carbocycles. The summed E-state index contributed by atoms with van der Waals surface area (Å²) in [5.41, 5.74) is 1.05. The van der Waals surface area contributed by atoms with Crippen molar-refractivity contribution in [3.8, 4) is 11.4 Å². The Kier molecular flexibility index (Phi) is 25.5. The van der Waals surface area contributed by atoms with E-state index >= 15 is 0 Å².